The van der Waals surface area contributed by atoms with Crippen molar-refractivity contribution < 1.29 is 34.7 Å². The molecule has 8 nitrogen and oxygen atoms in total. The molecule has 0 aliphatic rings. The van der Waals surface area contributed by atoms with E-state index in [1.807, 2.05) is 36.4 Å². The Morgan fingerprint density at radius 2 is 0.897 bits per heavy atom. The number of hydrogen-bond acceptors (Lipinski definition) is 5. The van der Waals surface area contributed by atoms with Crippen LogP contribution in [0.4, 0.5) is 0 Å². The number of benzene rings is 1. The molecule has 29 heavy (non-hydrogen) atoms. The molecule has 1 rings (SSSR count). The molecular weight excluding hydrogens is 431 g/mol. The average Bonchev–Trinajstić information content (AvgIpc) is 2.59. The Morgan fingerprint density at radius 1 is 0.621 bits per heavy atom. The fourth-order valence-electron chi connectivity index (χ4n) is 2.14. The van der Waals surface area contributed by atoms with E-state index in [0.717, 1.165) is 12.8 Å². The summed E-state index contributed by atoms with van der Waals surface area (Å²) < 4.78 is 64.6. The quantitative estimate of drug-likeness (QED) is 0.238. The zero-order valence-corrected chi connectivity index (χ0v) is 18.1. The fourth-order valence-corrected chi connectivity index (χ4v) is 2.47. The molecule has 0 heterocycles. The van der Waals surface area contributed by atoms with Crippen molar-refractivity contribution in [1.82, 2.24) is 0 Å². The molecule has 0 saturated heterocycles. The molecule has 0 radical (unpaired) electrons. The first-order valence-electron chi connectivity index (χ1n) is 9.38. The third-order valence-corrected chi connectivity index (χ3v) is 3.86. The summed E-state index contributed by atoms with van der Waals surface area (Å²) in [5, 5.41) is 0. The van der Waals surface area contributed by atoms with Gasteiger partial charge in [-0.2, -0.15) is 16.8 Å². The van der Waals surface area contributed by atoms with E-state index in [2.05, 4.69) is 11.1 Å². The van der Waals surface area contributed by atoms with Crippen LogP contribution in [0.3, 0.4) is 0 Å². The Morgan fingerprint density at radius 3 is 1.17 bits per heavy atom. The number of rotatable bonds is 12. The van der Waals surface area contributed by atoms with Gasteiger partial charge in [0.15, 0.2) is 0 Å². The van der Waals surface area contributed by atoms with Gasteiger partial charge in [0.1, 0.15) is 0 Å². The van der Waals surface area contributed by atoms with Crippen LogP contribution in [0.15, 0.2) is 36.4 Å². The van der Waals surface area contributed by atoms with Gasteiger partial charge in [-0.25, -0.2) is 4.18 Å². The van der Waals surface area contributed by atoms with Gasteiger partial charge in [-0.15, -0.1) is 0 Å². The molecule has 1 aromatic carbocycles. The van der Waals surface area contributed by atoms with E-state index in [9.17, 15) is 8.42 Å². The minimum atomic E-state index is -4.67. The van der Waals surface area contributed by atoms with Gasteiger partial charge < -0.3 is 0 Å². The van der Waals surface area contributed by atoms with Gasteiger partial charge in [-0.1, -0.05) is 101 Å². The van der Waals surface area contributed by atoms with E-state index in [4.69, 9.17) is 22.1 Å². The molecule has 0 aliphatic heterocycles. The monoisotopic (exact) mass is 466 g/mol. The van der Waals surface area contributed by atoms with Crippen LogP contribution in [0.2, 0.25) is 0 Å². The van der Waals surface area contributed by atoms with E-state index < -0.39 is 20.8 Å². The molecule has 0 atom stereocenters. The Hall–Kier alpha value is -0.0400. The van der Waals surface area contributed by atoms with Gasteiger partial charge in [0.05, 0.1) is 6.61 Å². The van der Waals surface area contributed by atoms with Gasteiger partial charge >= 0.3 is 50.4 Å². The summed E-state index contributed by atoms with van der Waals surface area (Å²) in [5.41, 5.74) is 0. The Bertz CT molecular complexity index is 602. The van der Waals surface area contributed by atoms with Crippen molar-refractivity contribution in [3.8, 4) is 0 Å². The normalized spacial score (nSPS) is 10.6. The largest absolute Gasteiger partial charge is 0.0623 e. The van der Waals surface area contributed by atoms with E-state index in [-0.39, 0.29) is 36.2 Å². The molecule has 0 amide bonds. The van der Waals surface area contributed by atoms with Crippen molar-refractivity contribution in [1.29, 1.82) is 0 Å². The molecule has 0 spiro atoms. The second kappa shape index (κ2) is 22.6. The van der Waals surface area contributed by atoms with Crippen LogP contribution in [0.1, 0.15) is 71.1 Å². The van der Waals surface area contributed by atoms with E-state index in [1.54, 1.807) is 0 Å². The van der Waals surface area contributed by atoms with Crippen LogP contribution in [-0.2, 0) is 25.0 Å². The zero-order chi connectivity index (χ0) is 21.7. The van der Waals surface area contributed by atoms with Gasteiger partial charge in [-0.05, 0) is 6.42 Å². The molecule has 0 fully saturated rings. The SMILES string of the molecule is CCCCCCCCCCCCOS(=O)(=O)O.O=S(=O)(O)O.[NaH].c1ccccc1. The second-order valence-corrected chi connectivity index (χ2v) is 8.02. The van der Waals surface area contributed by atoms with Crippen LogP contribution in [0.25, 0.3) is 0 Å². The first-order valence-corrected chi connectivity index (χ1v) is 12.1. The van der Waals surface area contributed by atoms with E-state index in [1.165, 1.54) is 44.9 Å². The van der Waals surface area contributed by atoms with Crippen molar-refractivity contribution >= 4 is 50.4 Å². The maximum atomic E-state index is 10.2. The third-order valence-electron chi connectivity index (χ3n) is 3.40. The molecule has 0 aliphatic carbocycles. The van der Waals surface area contributed by atoms with Gasteiger partial charge in [-0.3, -0.25) is 13.7 Å². The maximum absolute atomic E-state index is 10.2. The molecule has 3 N–H and O–H groups in total. The molecule has 0 bridgehead atoms. The van der Waals surface area contributed by atoms with Gasteiger partial charge in [0, 0.05) is 0 Å². The van der Waals surface area contributed by atoms with Crippen molar-refractivity contribution in [2.24, 2.45) is 0 Å². The minimum Gasteiger partial charge on any atom is -0.0623 e. The molecule has 0 saturated carbocycles. The topological polar surface area (TPSA) is 138 Å². The van der Waals surface area contributed by atoms with Crippen LogP contribution in [0.5, 0.6) is 0 Å². The first-order chi connectivity index (χ1) is 13.1. The molecule has 0 aromatic heterocycles. The summed E-state index contributed by atoms with van der Waals surface area (Å²) in [6.45, 7) is 2.31. The fraction of sp³-hybridized carbons (Fsp3) is 0.667. The third kappa shape index (κ3) is 47.3. The average molecular weight is 467 g/mol. The summed E-state index contributed by atoms with van der Waals surface area (Å²) >= 11 is 0. The standard InChI is InChI=1S/C12H26O4S.C6H6.Na.H2O4S.H/c1-2-3-4-5-6-7-8-9-10-11-12-16-17(13,14)15;1-2-4-6-5-3-1;;1-5(2,3)4;/h2-12H2,1H3,(H,13,14,15);1-6H;;(H2,1,2,3,4);. The molecule has 0 unspecified atom stereocenters. The number of unbranched alkanes of at least 4 members (excludes halogenated alkanes) is 9. The number of hydrogen-bond donors (Lipinski definition) is 3. The Labute approximate surface area is 198 Å². The maximum Gasteiger partial charge on any atom is -0.0623 e. The van der Waals surface area contributed by atoms with Crippen molar-refractivity contribution in [3.05, 3.63) is 36.4 Å². The van der Waals surface area contributed by atoms with E-state index in [0.29, 0.717) is 6.42 Å². The summed E-state index contributed by atoms with van der Waals surface area (Å²) in [7, 11) is -8.90. The van der Waals surface area contributed by atoms with Gasteiger partial charge in [0.25, 0.3) is 0 Å². The van der Waals surface area contributed by atoms with Crippen LogP contribution >= 0.6 is 0 Å². The van der Waals surface area contributed by atoms with Crippen molar-refractivity contribution in [2.45, 2.75) is 71.1 Å². The predicted molar refractivity (Wildman–Crippen MR) is 117 cm³/mol. The smallest absolute Gasteiger partial charge is 0.0623 e. The summed E-state index contributed by atoms with van der Waals surface area (Å²) in [6, 6.07) is 12.0. The summed E-state index contributed by atoms with van der Waals surface area (Å²) in [6.07, 6.45) is 11.9. The van der Waals surface area contributed by atoms with Gasteiger partial charge in [0.2, 0.25) is 0 Å². The van der Waals surface area contributed by atoms with Crippen LogP contribution in [-0.4, -0.2) is 66.7 Å². The van der Waals surface area contributed by atoms with Crippen molar-refractivity contribution in [2.75, 3.05) is 6.61 Å². The first kappa shape index (κ1) is 33.6. The summed E-state index contributed by atoms with van der Waals surface area (Å²) in [4.78, 5) is 0. The van der Waals surface area contributed by atoms with Crippen LogP contribution < -0.4 is 0 Å². The van der Waals surface area contributed by atoms with Crippen molar-refractivity contribution in [3.63, 3.8) is 0 Å². The zero-order valence-electron chi connectivity index (χ0n) is 16.4. The Balaban J connectivity index is -0.000000458. The second-order valence-electron chi connectivity index (χ2n) is 6.03. The molecular formula is C18H35NaO8S2. The molecule has 168 valence electrons. The molecule has 1 aromatic rings. The minimum absolute atomic E-state index is 0. The Kier molecular flexibility index (Phi) is 26.2. The summed E-state index contributed by atoms with van der Waals surface area (Å²) in [5.74, 6) is 0. The predicted octanol–water partition coefficient (Wildman–Crippen LogP) is 4.11. The van der Waals surface area contributed by atoms with Crippen LogP contribution in [0, 0.1) is 0 Å². The molecule has 11 heteroatoms. The van der Waals surface area contributed by atoms with E-state index >= 15 is 0 Å².